The van der Waals surface area contributed by atoms with Crippen molar-refractivity contribution in [2.75, 3.05) is 20.6 Å². The predicted molar refractivity (Wildman–Crippen MR) is 169 cm³/mol. The van der Waals surface area contributed by atoms with E-state index in [1.807, 2.05) is 40.7 Å². The second-order valence-corrected chi connectivity index (χ2v) is 13.3. The van der Waals surface area contributed by atoms with Crippen LogP contribution in [0.5, 0.6) is 11.5 Å². The number of amides is 2. The summed E-state index contributed by atoms with van der Waals surface area (Å²) in [7, 11) is 3.01. The number of likely N-dealkylation sites (N-methyl/N-ethyl adjacent to an activating group) is 2. The number of nitrogens with zero attached hydrogens (tertiary/aromatic N) is 5. The van der Waals surface area contributed by atoms with E-state index in [1.165, 1.54) is 28.2 Å². The first-order chi connectivity index (χ1) is 21.4. The Bertz CT molecular complexity index is 1870. The number of aromatic nitrogens is 3. The Morgan fingerprint density at radius 1 is 1.07 bits per heavy atom. The van der Waals surface area contributed by atoms with E-state index in [9.17, 15) is 29.1 Å². The van der Waals surface area contributed by atoms with Gasteiger partial charge in [0.05, 0.1) is 18.3 Å². The van der Waals surface area contributed by atoms with Gasteiger partial charge in [0, 0.05) is 37.8 Å². The quantitative estimate of drug-likeness (QED) is 0.315. The van der Waals surface area contributed by atoms with Crippen LogP contribution in [0, 0.1) is 5.41 Å². The zero-order valence-corrected chi connectivity index (χ0v) is 27.2. The number of carbonyl (C=O) groups is 3. The Morgan fingerprint density at radius 3 is 2.30 bits per heavy atom. The van der Waals surface area contributed by atoms with Gasteiger partial charge in [0.15, 0.2) is 5.78 Å². The van der Waals surface area contributed by atoms with Crippen molar-refractivity contribution in [1.82, 2.24) is 23.7 Å². The van der Waals surface area contributed by atoms with Crippen molar-refractivity contribution in [3.05, 3.63) is 86.2 Å². The molecule has 1 N–H and O–H groups in total. The molecule has 1 aromatic heterocycles. The topological polar surface area (TPSA) is 145 Å². The highest BCUT2D eigenvalue weighted by Gasteiger charge is 2.44. The van der Waals surface area contributed by atoms with Crippen LogP contribution in [0.4, 0.5) is 9.59 Å². The molecule has 244 valence electrons. The zero-order valence-electron chi connectivity index (χ0n) is 27.2. The summed E-state index contributed by atoms with van der Waals surface area (Å²) < 4.78 is 16.0. The molecule has 3 aromatic rings. The number of hydrogen-bond acceptors (Lipinski definition) is 7. The number of ether oxygens (including phenoxy) is 2. The third-order valence-corrected chi connectivity index (χ3v) is 8.69. The normalized spacial score (nSPS) is 17.0. The van der Waals surface area contributed by atoms with Crippen LogP contribution in [-0.4, -0.2) is 79.1 Å². The molecular formula is C33H39N5O8. The van der Waals surface area contributed by atoms with E-state index >= 15 is 0 Å². The Kier molecular flexibility index (Phi) is 8.00. The Hall–Kier alpha value is -5.07. The lowest BCUT2D eigenvalue weighted by molar-refractivity contribution is 0.0792. The van der Waals surface area contributed by atoms with Crippen molar-refractivity contribution < 1.29 is 29.0 Å². The summed E-state index contributed by atoms with van der Waals surface area (Å²) in [6, 6.07) is 10.0. The minimum absolute atomic E-state index is 0.0830. The first-order valence-corrected chi connectivity index (χ1v) is 14.9. The molecule has 0 spiro atoms. The second-order valence-electron chi connectivity index (χ2n) is 13.3. The molecule has 0 bridgehead atoms. The van der Waals surface area contributed by atoms with E-state index in [-0.39, 0.29) is 24.6 Å². The maximum atomic E-state index is 13.9. The van der Waals surface area contributed by atoms with E-state index in [0.717, 1.165) is 15.0 Å². The van der Waals surface area contributed by atoms with Gasteiger partial charge in [-0.1, -0.05) is 26.8 Å². The molecule has 3 heterocycles. The molecule has 5 rings (SSSR count). The van der Waals surface area contributed by atoms with Crippen LogP contribution in [0.3, 0.4) is 0 Å². The SMILES string of the molecule is CC(=O)c1ccc(-n2c(=O)n3n(c2=O)C2C(=CC3)C(C)(C)Oc3cc(OC(=O)N(C)C(CN(C)C(=O)O)C(C)(C)C)ccc32)cc1. The number of Topliss-reactive ketones (excluding diaryl/α,β-unsaturated/α-hetero) is 1. The van der Waals surface area contributed by atoms with Gasteiger partial charge in [0.1, 0.15) is 23.1 Å². The van der Waals surface area contributed by atoms with Gasteiger partial charge in [-0.2, -0.15) is 0 Å². The maximum Gasteiger partial charge on any atom is 0.415 e. The van der Waals surface area contributed by atoms with Crippen molar-refractivity contribution in [2.24, 2.45) is 5.41 Å². The molecule has 2 amide bonds. The molecule has 0 fully saturated rings. The van der Waals surface area contributed by atoms with Crippen molar-refractivity contribution in [3.8, 4) is 17.2 Å². The van der Waals surface area contributed by atoms with Crippen LogP contribution in [0.2, 0.25) is 0 Å². The molecule has 0 saturated carbocycles. The van der Waals surface area contributed by atoms with Crippen LogP contribution >= 0.6 is 0 Å². The van der Waals surface area contributed by atoms with Gasteiger partial charge in [-0.25, -0.2) is 33.1 Å². The molecule has 2 unspecified atom stereocenters. The monoisotopic (exact) mass is 633 g/mol. The van der Waals surface area contributed by atoms with Gasteiger partial charge in [-0.15, -0.1) is 0 Å². The van der Waals surface area contributed by atoms with E-state index < -0.39 is 46.7 Å². The molecule has 2 atom stereocenters. The van der Waals surface area contributed by atoms with Crippen LogP contribution in [0.15, 0.2) is 63.7 Å². The molecule has 2 aromatic carbocycles. The summed E-state index contributed by atoms with van der Waals surface area (Å²) in [6.07, 6.45) is 0.110. The van der Waals surface area contributed by atoms with E-state index in [4.69, 9.17) is 9.47 Å². The van der Waals surface area contributed by atoms with Gasteiger partial charge in [0.25, 0.3) is 0 Å². The Morgan fingerprint density at radius 2 is 1.72 bits per heavy atom. The lowest BCUT2D eigenvalue weighted by Crippen LogP contribution is -2.52. The molecule has 13 nitrogen and oxygen atoms in total. The first kappa shape index (κ1) is 32.3. The van der Waals surface area contributed by atoms with E-state index in [2.05, 4.69) is 0 Å². The average molecular weight is 634 g/mol. The number of carboxylic acid groups (broad SMARTS) is 1. The van der Waals surface area contributed by atoms with Crippen LogP contribution in [0.1, 0.15) is 63.5 Å². The summed E-state index contributed by atoms with van der Waals surface area (Å²) in [6.45, 7) is 11.2. The number of fused-ring (bicyclic) bond motifs is 5. The number of benzene rings is 2. The van der Waals surface area contributed by atoms with Gasteiger partial charge < -0.3 is 24.4 Å². The van der Waals surface area contributed by atoms with Crippen LogP contribution in [0.25, 0.3) is 5.69 Å². The van der Waals surface area contributed by atoms with Crippen molar-refractivity contribution >= 4 is 18.0 Å². The Labute approximate surface area is 265 Å². The van der Waals surface area contributed by atoms with Crippen molar-refractivity contribution in [2.45, 2.75) is 65.8 Å². The fourth-order valence-electron chi connectivity index (χ4n) is 6.12. The smallest absolute Gasteiger partial charge is 0.415 e. The summed E-state index contributed by atoms with van der Waals surface area (Å²) in [5.41, 5.74) is -0.180. The lowest BCUT2D eigenvalue weighted by atomic mass is 9.83. The minimum atomic E-state index is -1.10. The number of allylic oxidation sites excluding steroid dienone is 1. The summed E-state index contributed by atoms with van der Waals surface area (Å²) in [4.78, 5) is 66.5. The summed E-state index contributed by atoms with van der Waals surface area (Å²) in [5.74, 6) is 0.449. The predicted octanol–water partition coefficient (Wildman–Crippen LogP) is 4.16. The van der Waals surface area contributed by atoms with Gasteiger partial charge in [-0.05, 0) is 68.2 Å². The fraction of sp³-hybridized carbons (Fsp3) is 0.424. The number of rotatable bonds is 6. The summed E-state index contributed by atoms with van der Waals surface area (Å²) in [5, 5.41) is 9.39. The fourth-order valence-corrected chi connectivity index (χ4v) is 6.12. The number of carbonyl (C=O) groups excluding carboxylic acids is 2. The molecule has 46 heavy (non-hydrogen) atoms. The average Bonchev–Trinajstić information content (AvgIpc) is 3.23. The summed E-state index contributed by atoms with van der Waals surface area (Å²) >= 11 is 0. The first-order valence-electron chi connectivity index (χ1n) is 14.9. The Balaban J connectivity index is 1.50. The van der Waals surface area contributed by atoms with Crippen molar-refractivity contribution in [3.63, 3.8) is 0 Å². The third-order valence-electron chi connectivity index (χ3n) is 8.69. The standard InChI is InChI=1S/C33H39N5O8/c1-19(39)20-9-11-21(12-10-20)37-28(40)36-16-15-24-27(38(36)29(37)41)23-14-13-22(17-25(23)46-33(24,5)6)45-31(44)35(8)26(32(2,3)4)18-34(7)30(42)43/h9-15,17,26-27H,16,18H2,1-8H3,(H,42,43). The lowest BCUT2D eigenvalue weighted by Gasteiger charge is -2.42. The van der Waals surface area contributed by atoms with Gasteiger partial charge >= 0.3 is 23.6 Å². The van der Waals surface area contributed by atoms with Gasteiger partial charge in [-0.3, -0.25) is 4.79 Å². The zero-order chi connectivity index (χ0) is 33.9. The van der Waals surface area contributed by atoms with E-state index in [0.29, 0.717) is 22.6 Å². The molecular weight excluding hydrogens is 594 g/mol. The number of hydrogen-bond donors (Lipinski definition) is 1. The highest BCUT2D eigenvalue weighted by atomic mass is 16.6. The molecule has 2 aliphatic heterocycles. The maximum absolute atomic E-state index is 13.9. The molecule has 2 aliphatic rings. The highest BCUT2D eigenvalue weighted by molar-refractivity contribution is 5.94. The van der Waals surface area contributed by atoms with Crippen molar-refractivity contribution in [1.29, 1.82) is 0 Å². The number of ketones is 1. The minimum Gasteiger partial charge on any atom is -0.483 e. The highest BCUT2D eigenvalue weighted by Crippen LogP contribution is 2.47. The third kappa shape index (κ3) is 5.61. The largest absolute Gasteiger partial charge is 0.483 e. The molecule has 0 aliphatic carbocycles. The molecule has 13 heteroatoms. The molecule has 0 radical (unpaired) electrons. The molecule has 0 saturated heterocycles. The van der Waals surface area contributed by atoms with E-state index in [1.54, 1.807) is 49.5 Å². The van der Waals surface area contributed by atoms with Gasteiger partial charge in [0.2, 0.25) is 0 Å². The van der Waals surface area contributed by atoms with Crippen LogP contribution in [-0.2, 0) is 6.54 Å². The van der Waals surface area contributed by atoms with Crippen LogP contribution < -0.4 is 20.9 Å². The second kappa shape index (κ2) is 11.4.